The van der Waals surface area contributed by atoms with Gasteiger partial charge in [-0.1, -0.05) is 0 Å². The summed E-state index contributed by atoms with van der Waals surface area (Å²) < 4.78 is 33.2. The van der Waals surface area contributed by atoms with E-state index in [0.29, 0.717) is 19.0 Å². The van der Waals surface area contributed by atoms with Crippen molar-refractivity contribution in [3.05, 3.63) is 29.3 Å². The predicted molar refractivity (Wildman–Crippen MR) is 84.8 cm³/mol. The number of hydrogen-bond acceptors (Lipinski definition) is 3. The third-order valence-corrected chi connectivity index (χ3v) is 4.53. The second-order valence-corrected chi connectivity index (χ2v) is 6.22. The summed E-state index contributed by atoms with van der Waals surface area (Å²) in [7, 11) is 1.35. The number of piperidine rings is 1. The van der Waals surface area contributed by atoms with Gasteiger partial charge >= 0.3 is 0 Å². The lowest BCUT2D eigenvalue weighted by atomic mass is 9.84. The number of hydrogen-bond donors (Lipinski definition) is 1. The zero-order valence-electron chi connectivity index (χ0n) is 12.9. The minimum absolute atomic E-state index is 0. The van der Waals surface area contributed by atoms with Gasteiger partial charge in [-0.05, 0) is 18.8 Å². The van der Waals surface area contributed by atoms with Crippen molar-refractivity contribution in [3.8, 4) is 5.75 Å². The molecule has 7 heteroatoms. The van der Waals surface area contributed by atoms with Crippen molar-refractivity contribution in [2.45, 2.75) is 31.2 Å². The van der Waals surface area contributed by atoms with Crippen LogP contribution in [-0.2, 0) is 4.79 Å². The van der Waals surface area contributed by atoms with Crippen LogP contribution in [0, 0.1) is 17.6 Å². The lowest BCUT2D eigenvalue weighted by Gasteiger charge is -2.37. The molecule has 3 rings (SSSR count). The quantitative estimate of drug-likeness (QED) is 0.911. The number of methoxy groups -OCH3 is 1. The Morgan fingerprint density at radius 3 is 2.43 bits per heavy atom. The van der Waals surface area contributed by atoms with Crippen LogP contribution >= 0.6 is 12.4 Å². The average Bonchev–Trinajstić information content (AvgIpc) is 3.27. The molecule has 1 aliphatic heterocycles. The molecular formula is C16H21ClF2N2O2. The number of nitrogens with zero attached hydrogens (tertiary/aromatic N) is 1. The van der Waals surface area contributed by atoms with Crippen LogP contribution in [0.4, 0.5) is 8.78 Å². The van der Waals surface area contributed by atoms with Gasteiger partial charge in [-0.2, -0.15) is 0 Å². The molecule has 2 fully saturated rings. The normalized spacial score (nSPS) is 24.3. The highest BCUT2D eigenvalue weighted by Crippen LogP contribution is 2.36. The summed E-state index contributed by atoms with van der Waals surface area (Å²) in [5.74, 6) is -1.43. The van der Waals surface area contributed by atoms with Crippen molar-refractivity contribution < 1.29 is 18.3 Å². The van der Waals surface area contributed by atoms with Gasteiger partial charge in [0, 0.05) is 49.2 Å². The molecule has 128 valence electrons. The molecule has 23 heavy (non-hydrogen) atoms. The lowest BCUT2D eigenvalue weighted by molar-refractivity contribution is -0.134. The van der Waals surface area contributed by atoms with Crippen molar-refractivity contribution >= 4 is 18.3 Å². The van der Waals surface area contributed by atoms with E-state index in [1.54, 1.807) is 4.90 Å². The Kier molecular flexibility index (Phi) is 5.47. The smallest absolute Gasteiger partial charge is 0.223 e. The predicted octanol–water partition coefficient (Wildman–Crippen LogP) is 2.45. The van der Waals surface area contributed by atoms with Crippen LogP contribution < -0.4 is 10.5 Å². The molecule has 2 unspecified atom stereocenters. The maximum Gasteiger partial charge on any atom is 0.223 e. The molecule has 1 aromatic rings. The first kappa shape index (κ1) is 17.9. The van der Waals surface area contributed by atoms with Gasteiger partial charge in [0.05, 0.1) is 7.11 Å². The van der Waals surface area contributed by atoms with Crippen LogP contribution in [0.15, 0.2) is 12.1 Å². The summed E-state index contributed by atoms with van der Waals surface area (Å²) in [4.78, 5) is 14.0. The molecule has 2 aliphatic rings. The first-order chi connectivity index (χ1) is 10.5. The molecular weight excluding hydrogens is 326 g/mol. The Bertz CT molecular complexity index is 572. The minimum atomic E-state index is -0.708. The van der Waals surface area contributed by atoms with Crippen LogP contribution in [-0.4, -0.2) is 37.0 Å². The molecule has 0 spiro atoms. The maximum atomic E-state index is 14.2. The van der Waals surface area contributed by atoms with Gasteiger partial charge in [-0.15, -0.1) is 12.4 Å². The highest BCUT2D eigenvalue weighted by atomic mass is 35.5. The molecule has 2 N–H and O–H groups in total. The molecule has 1 amide bonds. The first-order valence-electron chi connectivity index (χ1n) is 7.56. The Hall–Kier alpha value is -1.40. The van der Waals surface area contributed by atoms with Crippen molar-refractivity contribution in [1.82, 2.24) is 4.90 Å². The zero-order chi connectivity index (χ0) is 15.9. The average molecular weight is 347 g/mol. The molecule has 4 nitrogen and oxygen atoms in total. The third-order valence-electron chi connectivity index (χ3n) is 4.53. The number of ether oxygens (including phenoxy) is 1. The van der Waals surface area contributed by atoms with Crippen molar-refractivity contribution in [2.75, 3.05) is 20.2 Å². The number of rotatable bonds is 4. The SMILES string of the molecule is COc1cc(F)c(C2CC(=O)N(CC3CC3)CC2N)c(F)c1.Cl. The molecule has 0 aromatic heterocycles. The summed E-state index contributed by atoms with van der Waals surface area (Å²) in [6, 6.07) is 1.80. The Morgan fingerprint density at radius 2 is 1.91 bits per heavy atom. The topological polar surface area (TPSA) is 55.6 Å². The molecule has 2 atom stereocenters. The van der Waals surface area contributed by atoms with Gasteiger partial charge in [0.15, 0.2) is 0 Å². The highest BCUT2D eigenvalue weighted by Gasteiger charge is 2.38. The van der Waals surface area contributed by atoms with Gasteiger partial charge in [0.2, 0.25) is 5.91 Å². The summed E-state index contributed by atoms with van der Waals surface area (Å²) >= 11 is 0. The number of amides is 1. The van der Waals surface area contributed by atoms with Crippen LogP contribution in [0.5, 0.6) is 5.75 Å². The number of benzene rings is 1. The van der Waals surface area contributed by atoms with E-state index < -0.39 is 23.6 Å². The third kappa shape index (κ3) is 3.75. The van der Waals surface area contributed by atoms with E-state index in [1.807, 2.05) is 0 Å². The largest absolute Gasteiger partial charge is 0.497 e. The van der Waals surface area contributed by atoms with E-state index in [-0.39, 0.29) is 36.0 Å². The van der Waals surface area contributed by atoms with Crippen molar-refractivity contribution in [1.29, 1.82) is 0 Å². The van der Waals surface area contributed by atoms with Crippen LogP contribution in [0.2, 0.25) is 0 Å². The number of halogens is 3. The van der Waals surface area contributed by atoms with E-state index >= 15 is 0 Å². The van der Waals surface area contributed by atoms with Crippen molar-refractivity contribution in [2.24, 2.45) is 11.7 Å². The summed E-state index contributed by atoms with van der Waals surface area (Å²) in [5.41, 5.74) is 6.01. The molecule has 1 aromatic carbocycles. The molecule has 0 radical (unpaired) electrons. The minimum Gasteiger partial charge on any atom is -0.497 e. The van der Waals surface area contributed by atoms with Crippen LogP contribution in [0.25, 0.3) is 0 Å². The maximum absolute atomic E-state index is 14.2. The zero-order valence-corrected chi connectivity index (χ0v) is 13.7. The summed E-state index contributed by atoms with van der Waals surface area (Å²) in [5, 5.41) is 0. The van der Waals surface area contributed by atoms with Gasteiger partial charge in [-0.25, -0.2) is 8.78 Å². The standard InChI is InChI=1S/C16H20F2N2O2.ClH/c1-22-10-4-12(17)16(13(18)5-10)11-6-15(21)20(8-14(11)19)7-9-2-3-9;/h4-5,9,11,14H,2-3,6-8,19H2,1H3;1H. The first-order valence-corrected chi connectivity index (χ1v) is 7.56. The fraction of sp³-hybridized carbons (Fsp3) is 0.562. The van der Waals surface area contributed by atoms with Gasteiger partial charge in [0.25, 0.3) is 0 Å². The molecule has 0 bridgehead atoms. The fourth-order valence-electron chi connectivity index (χ4n) is 3.09. The van der Waals surface area contributed by atoms with E-state index in [9.17, 15) is 13.6 Å². The number of carbonyl (C=O) groups excluding carboxylic acids is 1. The Labute approximate surface area is 140 Å². The monoisotopic (exact) mass is 346 g/mol. The van der Waals surface area contributed by atoms with Gasteiger partial charge < -0.3 is 15.4 Å². The number of nitrogens with two attached hydrogens (primary N) is 1. The van der Waals surface area contributed by atoms with Crippen molar-refractivity contribution in [3.63, 3.8) is 0 Å². The van der Waals surface area contributed by atoms with E-state index in [1.165, 1.54) is 7.11 Å². The molecule has 1 heterocycles. The van der Waals surface area contributed by atoms with E-state index in [4.69, 9.17) is 10.5 Å². The summed E-state index contributed by atoms with van der Waals surface area (Å²) in [6.07, 6.45) is 2.34. The molecule has 1 aliphatic carbocycles. The molecule has 1 saturated heterocycles. The van der Waals surface area contributed by atoms with Crippen LogP contribution in [0.3, 0.4) is 0 Å². The van der Waals surface area contributed by atoms with E-state index in [2.05, 4.69) is 0 Å². The summed E-state index contributed by atoms with van der Waals surface area (Å²) in [6.45, 7) is 1.07. The Balaban J connectivity index is 0.00000192. The Morgan fingerprint density at radius 1 is 1.30 bits per heavy atom. The highest BCUT2D eigenvalue weighted by molar-refractivity contribution is 5.85. The molecule has 1 saturated carbocycles. The second-order valence-electron chi connectivity index (χ2n) is 6.22. The number of likely N-dealkylation sites (tertiary alicyclic amines) is 1. The van der Waals surface area contributed by atoms with E-state index in [0.717, 1.165) is 25.0 Å². The van der Waals surface area contributed by atoms with Crippen LogP contribution in [0.1, 0.15) is 30.7 Å². The van der Waals surface area contributed by atoms with Gasteiger partial charge in [-0.3, -0.25) is 4.79 Å². The van der Waals surface area contributed by atoms with Gasteiger partial charge in [0.1, 0.15) is 17.4 Å². The lowest BCUT2D eigenvalue weighted by Crippen LogP contribution is -2.51. The number of carbonyl (C=O) groups is 1. The fourth-order valence-corrected chi connectivity index (χ4v) is 3.09. The second kappa shape index (κ2) is 7.01.